The molecular weight excluding hydrogens is 234 g/mol. The zero-order chi connectivity index (χ0) is 9.84. The van der Waals surface area contributed by atoms with Gasteiger partial charge in [-0.15, -0.1) is 0 Å². The predicted octanol–water partition coefficient (Wildman–Crippen LogP) is 0.935. The molecule has 0 amide bonds. The Morgan fingerprint density at radius 1 is 1.62 bits per heavy atom. The van der Waals surface area contributed by atoms with Gasteiger partial charge in [0.05, 0.1) is 10.7 Å². The summed E-state index contributed by atoms with van der Waals surface area (Å²) in [6.07, 6.45) is 1.34. The van der Waals surface area contributed by atoms with E-state index in [1.54, 1.807) is 19.2 Å². The van der Waals surface area contributed by atoms with E-state index in [0.717, 1.165) is 0 Å². The minimum Gasteiger partial charge on any atom is -0.313 e. The van der Waals surface area contributed by atoms with Crippen LogP contribution in [0.5, 0.6) is 0 Å². The van der Waals surface area contributed by atoms with E-state index >= 15 is 0 Å². The number of nitrogens with one attached hydrogen (secondary N) is 1. The first-order chi connectivity index (χ1) is 6.16. The van der Waals surface area contributed by atoms with Crippen LogP contribution in [0.3, 0.4) is 0 Å². The molecule has 0 aromatic heterocycles. The molecule has 0 fully saturated rings. The van der Waals surface area contributed by atoms with Crippen molar-refractivity contribution in [3.8, 4) is 0 Å². The number of hydrogen-bond acceptors (Lipinski definition) is 2. The van der Waals surface area contributed by atoms with Crippen molar-refractivity contribution >= 4 is 35.5 Å². The quantitative estimate of drug-likeness (QED) is 0.465. The average Bonchev–Trinajstić information content (AvgIpc) is 2.12. The number of hydrazone groups is 1. The molecule has 2 nitrogen and oxygen atoms in total. The fourth-order valence-electron chi connectivity index (χ4n) is 0.842. The average molecular weight is 241 g/mol. The molecule has 0 unspecified atom stereocenters. The molecule has 0 aliphatic heterocycles. The van der Waals surface area contributed by atoms with Gasteiger partial charge in [-0.25, -0.2) is 4.39 Å². The fraction of sp³-hybridized carbons (Fsp3) is 0.125. The molecule has 0 aliphatic carbocycles. The van der Waals surface area contributed by atoms with Gasteiger partial charge in [0.1, 0.15) is 13.7 Å². The van der Waals surface area contributed by atoms with Crippen LogP contribution in [0.2, 0.25) is 0 Å². The van der Waals surface area contributed by atoms with Crippen molar-refractivity contribution in [2.45, 2.75) is 0 Å². The summed E-state index contributed by atoms with van der Waals surface area (Å²) in [4.78, 5) is 0. The Morgan fingerprint density at radius 3 is 2.92 bits per heavy atom. The summed E-state index contributed by atoms with van der Waals surface area (Å²) in [7, 11) is 7.18. The Hall–Kier alpha value is -0.835. The number of rotatable bonds is 2. The number of halogens is 2. The third kappa shape index (κ3) is 2.31. The first-order valence-corrected chi connectivity index (χ1v) is 4.39. The molecule has 0 atom stereocenters. The molecule has 0 saturated carbocycles. The van der Waals surface area contributed by atoms with Crippen molar-refractivity contribution in [1.82, 2.24) is 5.43 Å². The van der Waals surface area contributed by atoms with E-state index in [1.807, 2.05) is 0 Å². The van der Waals surface area contributed by atoms with Crippen LogP contribution in [0.25, 0.3) is 0 Å². The van der Waals surface area contributed by atoms with E-state index in [0.29, 0.717) is 9.94 Å². The Bertz CT molecular complexity index is 341. The van der Waals surface area contributed by atoms with Gasteiger partial charge in [-0.1, -0.05) is 11.5 Å². The lowest BCUT2D eigenvalue weighted by Crippen LogP contribution is -2.13. The van der Waals surface area contributed by atoms with Crippen molar-refractivity contribution in [3.63, 3.8) is 0 Å². The van der Waals surface area contributed by atoms with Gasteiger partial charge in [0.2, 0.25) is 0 Å². The Morgan fingerprint density at radius 2 is 2.31 bits per heavy atom. The summed E-state index contributed by atoms with van der Waals surface area (Å²) in [5.41, 5.74) is 3.16. The molecule has 1 aromatic carbocycles. The second-order valence-electron chi connectivity index (χ2n) is 2.35. The molecule has 0 saturated heterocycles. The number of nitrogens with zero attached hydrogens (tertiary/aromatic N) is 1. The second-order valence-corrected chi connectivity index (χ2v) is 3.20. The normalized spacial score (nSPS) is 10.7. The molecule has 1 N–H and O–H groups in total. The van der Waals surface area contributed by atoms with Gasteiger partial charge >= 0.3 is 0 Å². The highest BCUT2D eigenvalue weighted by Crippen LogP contribution is 2.15. The molecule has 0 aliphatic rings. The standard InChI is InChI=1S/C8H7BBrFN2/c1-12-13-4-5-6(9)2-3-7(10)8(5)11/h2-4,12H,1H3/b13-4+. The monoisotopic (exact) mass is 240 g/mol. The molecule has 0 bridgehead atoms. The summed E-state index contributed by atoms with van der Waals surface area (Å²) >= 11 is 3.06. The van der Waals surface area contributed by atoms with E-state index < -0.39 is 5.82 Å². The van der Waals surface area contributed by atoms with Crippen LogP contribution in [-0.2, 0) is 0 Å². The fourth-order valence-corrected chi connectivity index (χ4v) is 1.19. The number of hydrogen-bond donors (Lipinski definition) is 1. The van der Waals surface area contributed by atoms with Gasteiger partial charge in [0.15, 0.2) is 0 Å². The molecule has 0 heterocycles. The lowest BCUT2D eigenvalue weighted by Gasteiger charge is -2.03. The first-order valence-electron chi connectivity index (χ1n) is 3.60. The van der Waals surface area contributed by atoms with E-state index in [1.165, 1.54) is 6.21 Å². The maximum atomic E-state index is 13.3. The third-order valence-corrected chi connectivity index (χ3v) is 2.10. The van der Waals surface area contributed by atoms with Crippen LogP contribution in [0.15, 0.2) is 21.7 Å². The SMILES string of the molecule is [B]c1ccc(Br)c(F)c1/C=N/NC. The van der Waals surface area contributed by atoms with E-state index in [9.17, 15) is 4.39 Å². The Kier molecular flexibility index (Phi) is 3.48. The van der Waals surface area contributed by atoms with E-state index in [4.69, 9.17) is 7.85 Å². The molecule has 1 rings (SSSR count). The largest absolute Gasteiger partial charge is 0.313 e. The Labute approximate surface area is 85.8 Å². The zero-order valence-electron chi connectivity index (χ0n) is 7.01. The van der Waals surface area contributed by atoms with E-state index in [2.05, 4.69) is 26.5 Å². The van der Waals surface area contributed by atoms with Crippen molar-refractivity contribution in [1.29, 1.82) is 0 Å². The van der Waals surface area contributed by atoms with Crippen LogP contribution in [0, 0.1) is 5.82 Å². The summed E-state index contributed by atoms with van der Waals surface area (Å²) in [6.45, 7) is 0. The van der Waals surface area contributed by atoms with Crippen LogP contribution >= 0.6 is 15.9 Å². The maximum Gasteiger partial charge on any atom is 0.145 e. The zero-order valence-corrected chi connectivity index (χ0v) is 8.60. The van der Waals surface area contributed by atoms with Gasteiger partial charge in [0, 0.05) is 12.6 Å². The molecule has 0 spiro atoms. The molecule has 2 radical (unpaired) electrons. The second kappa shape index (κ2) is 4.41. The van der Waals surface area contributed by atoms with Crippen LogP contribution in [0.1, 0.15) is 5.56 Å². The van der Waals surface area contributed by atoms with Gasteiger partial charge in [0.25, 0.3) is 0 Å². The first kappa shape index (κ1) is 10.2. The third-order valence-electron chi connectivity index (χ3n) is 1.49. The summed E-state index contributed by atoms with van der Waals surface area (Å²) < 4.78 is 13.7. The highest BCUT2D eigenvalue weighted by molar-refractivity contribution is 9.10. The lowest BCUT2D eigenvalue weighted by molar-refractivity contribution is 0.620. The Balaban J connectivity index is 3.17. The molecule has 1 aromatic rings. The van der Waals surface area contributed by atoms with Crippen molar-refractivity contribution in [3.05, 3.63) is 28.0 Å². The lowest BCUT2D eigenvalue weighted by atomic mass is 9.91. The van der Waals surface area contributed by atoms with Crippen molar-refractivity contribution in [2.24, 2.45) is 5.10 Å². The summed E-state index contributed by atoms with van der Waals surface area (Å²) in [5, 5.41) is 3.69. The smallest absolute Gasteiger partial charge is 0.145 e. The van der Waals surface area contributed by atoms with Crippen molar-refractivity contribution < 1.29 is 4.39 Å². The van der Waals surface area contributed by atoms with Crippen LogP contribution in [0.4, 0.5) is 4.39 Å². The predicted molar refractivity (Wildman–Crippen MR) is 56.1 cm³/mol. The molecule has 66 valence electrons. The number of benzene rings is 1. The van der Waals surface area contributed by atoms with Gasteiger partial charge in [-0.3, -0.25) is 0 Å². The van der Waals surface area contributed by atoms with E-state index in [-0.39, 0.29) is 5.56 Å². The highest BCUT2D eigenvalue weighted by atomic mass is 79.9. The van der Waals surface area contributed by atoms with Crippen LogP contribution < -0.4 is 10.9 Å². The minimum atomic E-state index is -0.404. The van der Waals surface area contributed by atoms with Gasteiger partial charge in [-0.05, 0) is 22.0 Å². The maximum absolute atomic E-state index is 13.3. The topological polar surface area (TPSA) is 24.4 Å². The molecule has 5 heteroatoms. The molecule has 13 heavy (non-hydrogen) atoms. The van der Waals surface area contributed by atoms with Crippen molar-refractivity contribution in [2.75, 3.05) is 7.05 Å². The van der Waals surface area contributed by atoms with Gasteiger partial charge < -0.3 is 5.43 Å². The van der Waals surface area contributed by atoms with Gasteiger partial charge in [-0.2, -0.15) is 5.10 Å². The highest BCUT2D eigenvalue weighted by Gasteiger charge is 2.06. The summed E-state index contributed by atoms with van der Waals surface area (Å²) in [6, 6.07) is 3.17. The molecular formula is C8H7BBrFN2. The minimum absolute atomic E-state index is 0.281. The summed E-state index contributed by atoms with van der Waals surface area (Å²) in [5.74, 6) is -0.404. The van der Waals surface area contributed by atoms with Crippen LogP contribution in [-0.4, -0.2) is 21.1 Å².